The van der Waals surface area contributed by atoms with E-state index in [1.165, 1.54) is 10.9 Å². The number of carbonyl (C=O) groups excluding carboxylic acids is 1. The first-order chi connectivity index (χ1) is 15.3. The van der Waals surface area contributed by atoms with Crippen LogP contribution in [0.15, 0.2) is 36.7 Å². The minimum absolute atomic E-state index is 0.00408. The van der Waals surface area contributed by atoms with Crippen LogP contribution in [0, 0.1) is 18.4 Å². The fourth-order valence-corrected chi connectivity index (χ4v) is 3.53. The third-order valence-corrected chi connectivity index (χ3v) is 5.11. The number of terminal acetylenes is 1. The van der Waals surface area contributed by atoms with Crippen molar-refractivity contribution < 1.29 is 23.8 Å². The molecule has 32 heavy (non-hydrogen) atoms. The van der Waals surface area contributed by atoms with Gasteiger partial charge in [0, 0.05) is 12.5 Å². The van der Waals surface area contributed by atoms with Gasteiger partial charge in [-0.15, -0.1) is 6.42 Å². The van der Waals surface area contributed by atoms with Crippen LogP contribution in [0.5, 0.6) is 0 Å². The minimum Gasteiger partial charge on any atom is -0.458 e. The molecule has 10 heteroatoms. The summed E-state index contributed by atoms with van der Waals surface area (Å²) in [5.41, 5.74) is -0.684. The van der Waals surface area contributed by atoms with Gasteiger partial charge in [-0.1, -0.05) is 24.1 Å². The number of halogens is 1. The number of aliphatic hydroxyl groups is 1. The van der Waals surface area contributed by atoms with Crippen molar-refractivity contribution in [3.63, 3.8) is 0 Å². The molecule has 1 aliphatic rings. The van der Waals surface area contributed by atoms with Gasteiger partial charge >= 0.3 is 12.0 Å². The predicted octanol–water partition coefficient (Wildman–Crippen LogP) is 2.29. The number of nitrogens with zero attached hydrogens (tertiary/aromatic N) is 4. The molecule has 0 spiro atoms. The van der Waals surface area contributed by atoms with Gasteiger partial charge in [0.2, 0.25) is 0 Å². The Morgan fingerprint density at radius 3 is 2.88 bits per heavy atom. The monoisotopic (exact) mass is 439 g/mol. The zero-order valence-electron chi connectivity index (χ0n) is 17.5. The number of fused-ring (bicyclic) bond motifs is 1. The number of carbonyl (C=O) groups is 1. The van der Waals surface area contributed by atoms with Crippen LogP contribution in [0.4, 0.5) is 10.2 Å². The van der Waals surface area contributed by atoms with Gasteiger partial charge in [0.15, 0.2) is 22.6 Å². The quantitative estimate of drug-likeness (QED) is 0.342. The fourth-order valence-electron chi connectivity index (χ4n) is 3.53. The molecule has 1 aromatic carbocycles. The maximum atomic E-state index is 14.1. The molecule has 1 fully saturated rings. The van der Waals surface area contributed by atoms with Crippen molar-refractivity contribution in [1.82, 2.24) is 19.5 Å². The van der Waals surface area contributed by atoms with E-state index in [1.54, 1.807) is 30.3 Å². The molecule has 0 aliphatic carbocycles. The second-order valence-corrected chi connectivity index (χ2v) is 7.76. The zero-order chi connectivity index (χ0) is 22.9. The first-order valence-corrected chi connectivity index (χ1v) is 10.1. The first kappa shape index (κ1) is 21.7. The summed E-state index contributed by atoms with van der Waals surface area (Å²) in [7, 11) is 0. The molecule has 0 bridgehead atoms. The lowest BCUT2D eigenvalue weighted by Crippen LogP contribution is -2.43. The van der Waals surface area contributed by atoms with E-state index in [0.29, 0.717) is 11.1 Å². The molecule has 0 amide bonds. The van der Waals surface area contributed by atoms with Crippen molar-refractivity contribution in [2.24, 2.45) is 0 Å². The van der Waals surface area contributed by atoms with Crippen LogP contribution in [-0.4, -0.2) is 54.9 Å². The average Bonchev–Trinajstić information content (AvgIpc) is 3.33. The van der Waals surface area contributed by atoms with Gasteiger partial charge in [-0.3, -0.25) is 4.57 Å². The number of aliphatic hydroxyl groups excluding tert-OH is 1. The Bertz CT molecular complexity index is 1180. The maximum Gasteiger partial charge on any atom is 0.338 e. The van der Waals surface area contributed by atoms with Crippen molar-refractivity contribution in [1.29, 1.82) is 0 Å². The summed E-state index contributed by atoms with van der Waals surface area (Å²) >= 11 is 0. The van der Waals surface area contributed by atoms with Crippen LogP contribution in [0.25, 0.3) is 11.2 Å². The number of benzene rings is 1. The van der Waals surface area contributed by atoms with Crippen molar-refractivity contribution in [2.75, 3.05) is 11.9 Å². The second-order valence-electron chi connectivity index (χ2n) is 7.76. The van der Waals surface area contributed by atoms with E-state index < -0.39 is 30.0 Å². The summed E-state index contributed by atoms with van der Waals surface area (Å²) in [5, 5.41) is 13.7. The zero-order valence-corrected chi connectivity index (χ0v) is 17.5. The van der Waals surface area contributed by atoms with Gasteiger partial charge in [0.05, 0.1) is 11.9 Å². The maximum absolute atomic E-state index is 14.1. The highest BCUT2D eigenvalue weighted by Gasteiger charge is 2.49. The number of anilines is 1. The summed E-state index contributed by atoms with van der Waals surface area (Å²) in [6, 6.07) is 8.40. The van der Waals surface area contributed by atoms with Crippen molar-refractivity contribution >= 4 is 23.0 Å². The minimum atomic E-state index is -1.57. The van der Waals surface area contributed by atoms with E-state index in [2.05, 4.69) is 26.2 Å². The first-order valence-electron chi connectivity index (χ1n) is 10.1. The number of nitrogens with one attached hydrogen (secondary N) is 1. The van der Waals surface area contributed by atoms with Crippen molar-refractivity contribution in [3.05, 3.63) is 48.3 Å². The predicted molar refractivity (Wildman–Crippen MR) is 113 cm³/mol. The molecule has 1 aliphatic heterocycles. The molecule has 3 atom stereocenters. The number of rotatable bonds is 6. The van der Waals surface area contributed by atoms with Gasteiger partial charge in [-0.2, -0.15) is 14.4 Å². The van der Waals surface area contributed by atoms with Crippen molar-refractivity contribution in [2.45, 2.75) is 44.2 Å². The van der Waals surface area contributed by atoms with Crippen LogP contribution in [0.3, 0.4) is 0 Å². The van der Waals surface area contributed by atoms with Crippen LogP contribution < -0.4 is 5.32 Å². The van der Waals surface area contributed by atoms with E-state index in [0.717, 1.165) is 0 Å². The largest absolute Gasteiger partial charge is 0.458 e. The molecule has 0 saturated carbocycles. The number of esters is 1. The fraction of sp³-hybridized carbons (Fsp3) is 0.364. The third-order valence-electron chi connectivity index (χ3n) is 5.11. The number of ether oxygens (including phenoxy) is 2. The highest BCUT2D eigenvalue weighted by atomic mass is 19.1. The van der Waals surface area contributed by atoms with E-state index >= 15 is 0 Å². The molecule has 2 aromatic heterocycles. The second kappa shape index (κ2) is 8.53. The van der Waals surface area contributed by atoms with Gasteiger partial charge in [-0.05, 0) is 26.0 Å². The molecular formula is C22H22FN5O4. The molecule has 9 nitrogen and oxygen atoms in total. The van der Waals surface area contributed by atoms with Gasteiger partial charge in [-0.25, -0.2) is 9.78 Å². The molecule has 3 heterocycles. The van der Waals surface area contributed by atoms with Gasteiger partial charge < -0.3 is 19.9 Å². The highest BCUT2D eigenvalue weighted by Crippen LogP contribution is 2.38. The Kier molecular flexibility index (Phi) is 5.78. The molecule has 3 aromatic rings. The number of hydrogen-bond acceptors (Lipinski definition) is 8. The number of aromatic nitrogens is 4. The Balaban J connectivity index is 1.58. The average molecular weight is 439 g/mol. The Hall–Kier alpha value is -3.55. The SMILES string of the molecule is C#C[C@]1(COC(=O)c2ccccc2)O[C@@H](n2cnc3c(NC(C)C)nc(F)nc32)C[C@@H]1O. The molecular weight excluding hydrogens is 417 g/mol. The molecule has 2 N–H and O–H groups in total. The number of hydrogen-bond donors (Lipinski definition) is 2. The molecule has 0 unspecified atom stereocenters. The Morgan fingerprint density at radius 1 is 1.44 bits per heavy atom. The molecule has 1 saturated heterocycles. The standard InChI is InChI=1S/C22H22FN5O4/c1-4-22(11-31-20(30)14-8-6-5-7-9-14)15(29)10-16(32-22)28-12-24-17-18(25-13(2)3)26-21(23)27-19(17)28/h1,5-9,12-13,15-16,29H,10-11H2,2-3H3,(H,25,26,27)/t15-,16+,22+/m0/s1. The molecule has 0 radical (unpaired) electrons. The lowest BCUT2D eigenvalue weighted by Gasteiger charge is -2.26. The van der Waals surface area contributed by atoms with E-state index in [-0.39, 0.29) is 30.5 Å². The van der Waals surface area contributed by atoms with Gasteiger partial charge in [0.25, 0.3) is 0 Å². The third kappa shape index (κ3) is 4.00. The summed E-state index contributed by atoms with van der Waals surface area (Å²) < 4.78 is 26.8. The lowest BCUT2D eigenvalue weighted by molar-refractivity contribution is -0.0933. The topological polar surface area (TPSA) is 111 Å². The smallest absolute Gasteiger partial charge is 0.338 e. The summed E-state index contributed by atoms with van der Waals surface area (Å²) in [6.45, 7) is 3.42. The van der Waals surface area contributed by atoms with Crippen LogP contribution in [0.1, 0.15) is 36.9 Å². The van der Waals surface area contributed by atoms with Crippen LogP contribution >= 0.6 is 0 Å². The summed E-state index contributed by atoms with van der Waals surface area (Å²) in [6.07, 6.45) is 4.28. The normalized spacial score (nSPS) is 22.8. The van der Waals surface area contributed by atoms with Crippen LogP contribution in [-0.2, 0) is 9.47 Å². The van der Waals surface area contributed by atoms with E-state index in [4.69, 9.17) is 15.9 Å². The number of imidazole rings is 1. The Morgan fingerprint density at radius 2 is 2.19 bits per heavy atom. The van der Waals surface area contributed by atoms with Crippen LogP contribution in [0.2, 0.25) is 0 Å². The van der Waals surface area contributed by atoms with Gasteiger partial charge in [0.1, 0.15) is 18.9 Å². The Labute approximate surface area is 183 Å². The van der Waals surface area contributed by atoms with E-state index in [9.17, 15) is 14.3 Å². The van der Waals surface area contributed by atoms with Crippen molar-refractivity contribution in [3.8, 4) is 12.3 Å². The lowest BCUT2D eigenvalue weighted by atomic mass is 9.99. The summed E-state index contributed by atoms with van der Waals surface area (Å²) in [4.78, 5) is 24.2. The summed E-state index contributed by atoms with van der Waals surface area (Å²) in [5.74, 6) is 2.08. The molecule has 4 rings (SSSR count). The van der Waals surface area contributed by atoms with E-state index in [1.807, 2.05) is 13.8 Å². The highest BCUT2D eigenvalue weighted by molar-refractivity contribution is 5.89. The molecule has 166 valence electrons.